The summed E-state index contributed by atoms with van der Waals surface area (Å²) in [4.78, 5) is 38.7. The first-order valence-corrected chi connectivity index (χ1v) is 10.7. The fourth-order valence-electron chi connectivity index (χ4n) is 3.11. The Morgan fingerprint density at radius 1 is 1.34 bits per heavy atom. The molecule has 1 aliphatic rings. The van der Waals surface area contributed by atoms with Crippen molar-refractivity contribution < 1.29 is 19.1 Å². The average molecular weight is 480 g/mol. The monoisotopic (exact) mass is 479 g/mol. The smallest absolute Gasteiger partial charge is 0.293 e. The minimum Gasteiger partial charge on any atom is -0.383 e. The zero-order chi connectivity index (χ0) is 21.1. The van der Waals surface area contributed by atoms with Crippen LogP contribution in [0.5, 0.6) is 0 Å². The summed E-state index contributed by atoms with van der Waals surface area (Å²) in [7, 11) is 1.58. The van der Waals surface area contributed by atoms with Crippen molar-refractivity contribution in [3.05, 3.63) is 39.3 Å². The van der Waals surface area contributed by atoms with Crippen LogP contribution < -0.4 is 5.32 Å². The van der Waals surface area contributed by atoms with Gasteiger partial charge in [-0.05, 0) is 49.9 Å². The maximum Gasteiger partial charge on any atom is 0.293 e. The van der Waals surface area contributed by atoms with E-state index in [1.165, 1.54) is 4.90 Å². The highest BCUT2D eigenvalue weighted by Crippen LogP contribution is 2.35. The summed E-state index contributed by atoms with van der Waals surface area (Å²) in [6.45, 7) is 4.65. The van der Waals surface area contributed by atoms with Gasteiger partial charge in [0.15, 0.2) is 0 Å². The number of rotatable bonds is 7. The second-order valence-electron chi connectivity index (χ2n) is 6.86. The van der Waals surface area contributed by atoms with Gasteiger partial charge in [-0.3, -0.25) is 19.3 Å². The van der Waals surface area contributed by atoms with Crippen molar-refractivity contribution in [2.45, 2.75) is 26.4 Å². The molecule has 0 atom stereocenters. The molecule has 2 aromatic rings. The molecule has 9 heteroatoms. The van der Waals surface area contributed by atoms with E-state index in [2.05, 4.69) is 21.2 Å². The molecule has 1 saturated heterocycles. The Balaban J connectivity index is 1.94. The Kier molecular flexibility index (Phi) is 6.81. The van der Waals surface area contributed by atoms with E-state index in [4.69, 9.17) is 4.74 Å². The number of methoxy groups -OCH3 is 1. The Labute approximate surface area is 181 Å². The Bertz CT molecular complexity index is 999. The van der Waals surface area contributed by atoms with E-state index in [0.29, 0.717) is 18.1 Å². The number of nitrogens with zero attached hydrogens (tertiary/aromatic N) is 2. The Hall–Kier alpha value is -2.10. The highest BCUT2D eigenvalue weighted by Gasteiger charge is 2.36. The SMILES string of the molecule is COCCNC(=O)Cn1cc(/C=C2\SC(=O)N(C(C)C)C2=O)c2cc(Br)ccc21. The fourth-order valence-corrected chi connectivity index (χ4v) is 4.42. The second kappa shape index (κ2) is 9.15. The van der Waals surface area contributed by atoms with Crippen LogP contribution in [0, 0.1) is 0 Å². The Morgan fingerprint density at radius 3 is 2.76 bits per heavy atom. The number of nitrogens with one attached hydrogen (secondary N) is 1. The molecule has 0 aliphatic carbocycles. The third kappa shape index (κ3) is 4.73. The van der Waals surface area contributed by atoms with E-state index in [0.717, 1.165) is 32.7 Å². The van der Waals surface area contributed by atoms with E-state index >= 15 is 0 Å². The number of carbonyl (C=O) groups excluding carboxylic acids is 3. The van der Waals surface area contributed by atoms with Crippen LogP contribution in [-0.4, -0.2) is 52.8 Å². The van der Waals surface area contributed by atoms with Gasteiger partial charge in [0.25, 0.3) is 11.1 Å². The molecule has 1 aromatic carbocycles. The van der Waals surface area contributed by atoms with Gasteiger partial charge >= 0.3 is 0 Å². The average Bonchev–Trinajstić information content (AvgIpc) is 3.12. The number of ether oxygens (including phenoxy) is 1. The topological polar surface area (TPSA) is 80.6 Å². The largest absolute Gasteiger partial charge is 0.383 e. The van der Waals surface area contributed by atoms with Crippen molar-refractivity contribution in [2.75, 3.05) is 20.3 Å². The number of aromatic nitrogens is 1. The highest BCUT2D eigenvalue weighted by atomic mass is 79.9. The summed E-state index contributed by atoms with van der Waals surface area (Å²) in [6, 6.07) is 5.56. The quantitative estimate of drug-likeness (QED) is 0.484. The number of carbonyl (C=O) groups is 3. The lowest BCUT2D eigenvalue weighted by Crippen LogP contribution is -2.34. The van der Waals surface area contributed by atoms with Crippen LogP contribution in [0.3, 0.4) is 0 Å². The molecule has 29 heavy (non-hydrogen) atoms. The maximum absolute atomic E-state index is 12.6. The van der Waals surface area contributed by atoms with Crippen LogP contribution in [0.2, 0.25) is 0 Å². The molecule has 0 unspecified atom stereocenters. The Morgan fingerprint density at radius 2 is 2.10 bits per heavy atom. The number of fused-ring (bicyclic) bond motifs is 1. The van der Waals surface area contributed by atoms with Crippen molar-refractivity contribution in [1.29, 1.82) is 0 Å². The van der Waals surface area contributed by atoms with Crippen molar-refractivity contribution in [2.24, 2.45) is 0 Å². The van der Waals surface area contributed by atoms with E-state index in [1.54, 1.807) is 13.2 Å². The summed E-state index contributed by atoms with van der Waals surface area (Å²) >= 11 is 4.41. The molecule has 7 nitrogen and oxygen atoms in total. The molecule has 0 bridgehead atoms. The zero-order valence-electron chi connectivity index (χ0n) is 16.4. The lowest BCUT2D eigenvalue weighted by molar-refractivity contribution is -0.124. The number of amides is 3. The molecular formula is C20H22BrN3O4S. The number of thioether (sulfide) groups is 1. The van der Waals surface area contributed by atoms with Crippen molar-refractivity contribution in [1.82, 2.24) is 14.8 Å². The van der Waals surface area contributed by atoms with E-state index in [1.807, 2.05) is 42.8 Å². The van der Waals surface area contributed by atoms with Gasteiger partial charge in [-0.2, -0.15) is 0 Å². The maximum atomic E-state index is 12.6. The van der Waals surface area contributed by atoms with Gasteiger partial charge in [-0.1, -0.05) is 15.9 Å². The van der Waals surface area contributed by atoms with Gasteiger partial charge in [0.2, 0.25) is 5.91 Å². The molecule has 154 valence electrons. The van der Waals surface area contributed by atoms with Gasteiger partial charge in [-0.15, -0.1) is 0 Å². The summed E-state index contributed by atoms with van der Waals surface area (Å²) in [6.07, 6.45) is 3.55. The fraction of sp³-hybridized carbons (Fsp3) is 0.350. The van der Waals surface area contributed by atoms with Crippen LogP contribution in [-0.2, 0) is 20.9 Å². The minimum atomic E-state index is -0.289. The van der Waals surface area contributed by atoms with Crippen molar-refractivity contribution >= 4 is 61.7 Å². The molecule has 1 aliphatic heterocycles. The standard InChI is InChI=1S/C20H22BrN3O4S/c1-12(2)24-19(26)17(29-20(24)27)8-13-10-23(11-18(25)22-6-7-28-3)16-5-4-14(21)9-15(13)16/h4-5,8-10,12H,6-7,11H2,1-3H3,(H,22,25)/b17-8-. The third-order valence-electron chi connectivity index (χ3n) is 4.44. The van der Waals surface area contributed by atoms with E-state index in [9.17, 15) is 14.4 Å². The molecule has 0 saturated carbocycles. The number of benzene rings is 1. The molecule has 3 rings (SSSR count). The van der Waals surface area contributed by atoms with Crippen LogP contribution >= 0.6 is 27.7 Å². The van der Waals surface area contributed by atoms with Crippen LogP contribution in [0.15, 0.2) is 33.8 Å². The highest BCUT2D eigenvalue weighted by molar-refractivity contribution is 9.10. The van der Waals surface area contributed by atoms with E-state index in [-0.39, 0.29) is 29.6 Å². The normalized spacial score (nSPS) is 15.9. The molecule has 2 heterocycles. The third-order valence-corrected chi connectivity index (χ3v) is 5.82. The van der Waals surface area contributed by atoms with Crippen molar-refractivity contribution in [3.63, 3.8) is 0 Å². The molecule has 3 amide bonds. The summed E-state index contributed by atoms with van der Waals surface area (Å²) < 4.78 is 7.67. The minimum absolute atomic E-state index is 0.131. The van der Waals surface area contributed by atoms with Gasteiger partial charge in [0.1, 0.15) is 6.54 Å². The molecule has 1 aromatic heterocycles. The van der Waals surface area contributed by atoms with Crippen molar-refractivity contribution in [3.8, 4) is 0 Å². The van der Waals surface area contributed by atoms with Crippen LogP contribution in [0.25, 0.3) is 17.0 Å². The van der Waals surface area contributed by atoms with Gasteiger partial charge in [0.05, 0.1) is 11.5 Å². The van der Waals surface area contributed by atoms with Crippen LogP contribution in [0.1, 0.15) is 19.4 Å². The molecule has 0 spiro atoms. The number of imide groups is 1. The predicted molar refractivity (Wildman–Crippen MR) is 117 cm³/mol. The van der Waals surface area contributed by atoms with Crippen LogP contribution in [0.4, 0.5) is 4.79 Å². The first kappa shape index (κ1) is 21.6. The molecule has 1 N–H and O–H groups in total. The molecule has 1 fully saturated rings. The molecular weight excluding hydrogens is 458 g/mol. The van der Waals surface area contributed by atoms with Gasteiger partial charge < -0.3 is 14.6 Å². The molecule has 0 radical (unpaired) electrons. The summed E-state index contributed by atoms with van der Waals surface area (Å²) in [5.41, 5.74) is 1.64. The van der Waals surface area contributed by atoms with Gasteiger partial charge in [0, 0.05) is 46.8 Å². The van der Waals surface area contributed by atoms with E-state index < -0.39 is 0 Å². The second-order valence-corrected chi connectivity index (χ2v) is 8.77. The number of halogens is 1. The zero-order valence-corrected chi connectivity index (χ0v) is 18.8. The lowest BCUT2D eigenvalue weighted by atomic mass is 10.1. The number of hydrogen-bond donors (Lipinski definition) is 1. The lowest BCUT2D eigenvalue weighted by Gasteiger charge is -2.16. The van der Waals surface area contributed by atoms with Gasteiger partial charge in [-0.25, -0.2) is 0 Å². The first-order chi connectivity index (χ1) is 13.8. The summed E-state index contributed by atoms with van der Waals surface area (Å²) in [5.74, 6) is -0.420. The predicted octanol–water partition coefficient (Wildman–Crippen LogP) is 3.61. The summed E-state index contributed by atoms with van der Waals surface area (Å²) in [5, 5.41) is 3.43. The number of hydrogen-bond acceptors (Lipinski definition) is 5. The first-order valence-electron chi connectivity index (χ1n) is 9.13.